The molecule has 1 aromatic heterocycles. The molecule has 37 heavy (non-hydrogen) atoms. The smallest absolute Gasteiger partial charge is 0.319 e. The van der Waals surface area contributed by atoms with Crippen molar-refractivity contribution in [2.75, 3.05) is 24.3 Å². The summed E-state index contributed by atoms with van der Waals surface area (Å²) in [6.45, 7) is 3.82. The minimum Gasteiger partial charge on any atom is -0.494 e. The van der Waals surface area contributed by atoms with Gasteiger partial charge in [0, 0.05) is 18.3 Å². The number of nitrogens with one attached hydrogen (secondary N) is 3. The fourth-order valence-electron chi connectivity index (χ4n) is 3.50. The zero-order valence-electron chi connectivity index (χ0n) is 20.0. The van der Waals surface area contributed by atoms with Gasteiger partial charge in [-0.2, -0.15) is 0 Å². The van der Waals surface area contributed by atoms with Gasteiger partial charge in [-0.15, -0.1) is 0 Å². The van der Waals surface area contributed by atoms with Crippen molar-refractivity contribution in [1.29, 1.82) is 0 Å². The normalized spacial score (nSPS) is 10.4. The zero-order valence-corrected chi connectivity index (χ0v) is 20.0. The number of aromatic nitrogens is 2. The van der Waals surface area contributed by atoms with Crippen molar-refractivity contribution >= 4 is 34.2 Å². The Labute approximate surface area is 212 Å². The van der Waals surface area contributed by atoms with Gasteiger partial charge in [0.2, 0.25) is 11.8 Å². The van der Waals surface area contributed by atoms with E-state index in [2.05, 4.69) is 32.5 Å². The van der Waals surface area contributed by atoms with E-state index in [1.165, 1.54) is 25.6 Å². The number of benzene rings is 3. The maximum atomic E-state index is 13.3. The average molecular weight is 502 g/mol. The van der Waals surface area contributed by atoms with E-state index >= 15 is 0 Å². The summed E-state index contributed by atoms with van der Waals surface area (Å²) >= 11 is 0. The van der Waals surface area contributed by atoms with E-state index in [-0.39, 0.29) is 17.7 Å². The van der Waals surface area contributed by atoms with Crippen molar-refractivity contribution in [2.45, 2.75) is 6.42 Å². The number of fused-ring (bicyclic) bond motifs is 1. The number of amides is 3. The van der Waals surface area contributed by atoms with Crippen LogP contribution >= 0.6 is 0 Å². The van der Waals surface area contributed by atoms with E-state index in [1.807, 2.05) is 0 Å². The second kappa shape index (κ2) is 11.6. The molecule has 1 heterocycles. The van der Waals surface area contributed by atoms with E-state index in [0.29, 0.717) is 46.7 Å². The average Bonchev–Trinajstić information content (AvgIpc) is 2.89. The van der Waals surface area contributed by atoms with E-state index in [9.17, 15) is 14.0 Å². The number of carbonyl (C=O) groups is 2. The molecule has 0 radical (unpaired) electrons. The van der Waals surface area contributed by atoms with Crippen molar-refractivity contribution < 1.29 is 23.5 Å². The summed E-state index contributed by atoms with van der Waals surface area (Å²) in [7, 11) is 1.49. The summed E-state index contributed by atoms with van der Waals surface area (Å²) in [6.07, 6.45) is 3.03. The molecule has 0 aliphatic carbocycles. The number of ether oxygens (including phenoxy) is 2. The van der Waals surface area contributed by atoms with Gasteiger partial charge in [-0.05, 0) is 60.5 Å². The molecular formula is C27H24FN5O4. The first-order valence-electron chi connectivity index (χ1n) is 11.3. The molecule has 3 amide bonds. The molecule has 9 nitrogen and oxygen atoms in total. The predicted octanol–water partition coefficient (Wildman–Crippen LogP) is 5.06. The number of carbonyl (C=O) groups excluding carboxylic acids is 2. The Bertz CT molecular complexity index is 1440. The van der Waals surface area contributed by atoms with Crippen LogP contribution in [0.5, 0.6) is 17.4 Å². The van der Waals surface area contributed by atoms with Crippen LogP contribution in [0.2, 0.25) is 0 Å². The lowest BCUT2D eigenvalue weighted by Gasteiger charge is -2.13. The lowest BCUT2D eigenvalue weighted by atomic mass is 10.1. The molecule has 0 bridgehead atoms. The summed E-state index contributed by atoms with van der Waals surface area (Å²) in [5.74, 6) is 0.482. The second-order valence-electron chi connectivity index (χ2n) is 7.83. The highest BCUT2D eigenvalue weighted by Crippen LogP contribution is 2.34. The first-order valence-corrected chi connectivity index (χ1v) is 11.3. The monoisotopic (exact) mass is 501 g/mol. The van der Waals surface area contributed by atoms with Crippen LogP contribution in [0, 0.1) is 5.82 Å². The van der Waals surface area contributed by atoms with Gasteiger partial charge >= 0.3 is 6.03 Å². The number of rotatable bonds is 9. The van der Waals surface area contributed by atoms with Gasteiger partial charge in [0.15, 0.2) is 0 Å². The zero-order chi connectivity index (χ0) is 26.2. The summed E-state index contributed by atoms with van der Waals surface area (Å²) in [5.41, 5.74) is 2.34. The van der Waals surface area contributed by atoms with Gasteiger partial charge < -0.3 is 25.4 Å². The highest BCUT2D eigenvalue weighted by molar-refractivity contribution is 6.02. The van der Waals surface area contributed by atoms with Gasteiger partial charge in [0.05, 0.1) is 23.7 Å². The molecular weight excluding hydrogens is 477 g/mol. The molecule has 0 fully saturated rings. The van der Waals surface area contributed by atoms with E-state index in [1.54, 1.807) is 48.5 Å². The third-order valence-electron chi connectivity index (χ3n) is 5.28. The highest BCUT2D eigenvalue weighted by atomic mass is 19.1. The number of hydrogen-bond acceptors (Lipinski definition) is 6. The van der Waals surface area contributed by atoms with E-state index in [4.69, 9.17) is 9.47 Å². The lowest BCUT2D eigenvalue weighted by Crippen LogP contribution is -2.30. The number of methoxy groups -OCH3 is 1. The van der Waals surface area contributed by atoms with Crippen molar-refractivity contribution in [3.63, 3.8) is 0 Å². The molecule has 10 heteroatoms. The Morgan fingerprint density at radius 3 is 2.59 bits per heavy atom. The van der Waals surface area contributed by atoms with E-state index < -0.39 is 5.91 Å². The van der Waals surface area contributed by atoms with Crippen LogP contribution in [-0.2, 0) is 11.2 Å². The Hall–Kier alpha value is -4.99. The van der Waals surface area contributed by atoms with Crippen LogP contribution in [0.15, 0.2) is 79.6 Å². The fourth-order valence-corrected chi connectivity index (χ4v) is 3.50. The Morgan fingerprint density at radius 2 is 1.86 bits per heavy atom. The van der Waals surface area contributed by atoms with Crippen molar-refractivity contribution in [1.82, 2.24) is 15.3 Å². The molecule has 0 aliphatic rings. The number of urea groups is 1. The molecule has 3 aromatic carbocycles. The molecule has 0 aliphatic heterocycles. The van der Waals surface area contributed by atoms with Crippen LogP contribution in [0.25, 0.3) is 10.9 Å². The van der Waals surface area contributed by atoms with Gasteiger partial charge in [-0.3, -0.25) is 4.79 Å². The Kier molecular flexibility index (Phi) is 7.89. The topological polar surface area (TPSA) is 114 Å². The summed E-state index contributed by atoms with van der Waals surface area (Å²) < 4.78 is 24.6. The molecule has 0 spiro atoms. The summed E-state index contributed by atoms with van der Waals surface area (Å²) in [4.78, 5) is 32.5. The van der Waals surface area contributed by atoms with Gasteiger partial charge in [0.1, 0.15) is 23.6 Å². The third-order valence-corrected chi connectivity index (χ3v) is 5.28. The fraction of sp³-hybridized carbons (Fsp3) is 0.111. The molecule has 0 atom stereocenters. The molecule has 0 saturated heterocycles. The van der Waals surface area contributed by atoms with Crippen LogP contribution in [0.3, 0.4) is 0 Å². The summed E-state index contributed by atoms with van der Waals surface area (Å²) in [6, 6.07) is 15.9. The first kappa shape index (κ1) is 25.1. The molecule has 188 valence electrons. The highest BCUT2D eigenvalue weighted by Gasteiger charge is 2.13. The van der Waals surface area contributed by atoms with Gasteiger partial charge in [0.25, 0.3) is 0 Å². The van der Waals surface area contributed by atoms with Gasteiger partial charge in [-0.1, -0.05) is 18.7 Å². The predicted molar refractivity (Wildman–Crippen MR) is 139 cm³/mol. The Balaban J connectivity index is 1.40. The molecule has 0 saturated carbocycles. The standard InChI is InChI=1S/C27H24FN5O4/c1-3-25(34)33-23-14-21-22(15-24(23)36-2)30-16-31-26(21)37-20-9-7-19(8-10-20)32-27(35)29-12-11-17-5-4-6-18(28)13-17/h3-10,13-16H,1,11-12H2,2H3,(H,33,34)(H2,29,32,35). The Morgan fingerprint density at radius 1 is 1.05 bits per heavy atom. The minimum absolute atomic E-state index is 0.276. The molecule has 3 N–H and O–H groups in total. The summed E-state index contributed by atoms with van der Waals surface area (Å²) in [5, 5.41) is 8.72. The van der Waals surface area contributed by atoms with Crippen molar-refractivity contribution in [3.8, 4) is 17.4 Å². The van der Waals surface area contributed by atoms with Gasteiger partial charge in [-0.25, -0.2) is 19.2 Å². The minimum atomic E-state index is -0.391. The van der Waals surface area contributed by atoms with Crippen molar-refractivity contribution in [2.24, 2.45) is 0 Å². The largest absolute Gasteiger partial charge is 0.494 e. The van der Waals surface area contributed by atoms with Crippen LogP contribution in [0.4, 0.5) is 20.6 Å². The molecule has 0 unspecified atom stereocenters. The molecule has 4 aromatic rings. The van der Waals surface area contributed by atoms with Crippen LogP contribution < -0.4 is 25.4 Å². The maximum absolute atomic E-state index is 13.3. The van der Waals surface area contributed by atoms with Crippen LogP contribution in [0.1, 0.15) is 5.56 Å². The third kappa shape index (κ3) is 6.57. The first-order chi connectivity index (χ1) is 17.9. The number of halogens is 1. The van der Waals surface area contributed by atoms with E-state index in [0.717, 1.165) is 11.6 Å². The van der Waals surface area contributed by atoms with Crippen LogP contribution in [-0.4, -0.2) is 35.6 Å². The van der Waals surface area contributed by atoms with Crippen molar-refractivity contribution in [3.05, 3.63) is 91.0 Å². The molecule has 4 rings (SSSR count). The number of nitrogens with zero attached hydrogens (tertiary/aromatic N) is 2. The SMILES string of the molecule is C=CC(=O)Nc1cc2c(Oc3ccc(NC(=O)NCCc4cccc(F)c4)cc3)ncnc2cc1OC. The quantitative estimate of drug-likeness (QED) is 0.276. The maximum Gasteiger partial charge on any atom is 0.319 e. The number of anilines is 2. The number of hydrogen-bond donors (Lipinski definition) is 3. The lowest BCUT2D eigenvalue weighted by molar-refractivity contribution is -0.111. The second-order valence-corrected chi connectivity index (χ2v) is 7.83.